The summed E-state index contributed by atoms with van der Waals surface area (Å²) in [5, 5.41) is 11.3. The topological polar surface area (TPSA) is 76.4 Å². The van der Waals surface area contributed by atoms with E-state index in [2.05, 4.69) is 10.1 Å². The van der Waals surface area contributed by atoms with Crippen LogP contribution in [0.2, 0.25) is 0 Å². The Morgan fingerprint density at radius 1 is 1.53 bits per heavy atom. The minimum Gasteiger partial charge on any atom is -0.409 e. The molecule has 0 aliphatic carbocycles. The van der Waals surface area contributed by atoms with Crippen molar-refractivity contribution < 1.29 is 9.60 Å². The molecule has 88 valence electrons. The summed E-state index contributed by atoms with van der Waals surface area (Å²) in [6, 6.07) is 4.34. The number of hydrogen-bond donors (Lipinski definition) is 2. The second-order valence-electron chi connectivity index (χ2n) is 3.50. The lowest BCUT2D eigenvalue weighted by atomic mass is 10.2. The smallest absolute Gasteiger partial charge is 0.170 e. The van der Waals surface area contributed by atoms with E-state index in [4.69, 9.17) is 10.9 Å². The van der Waals surface area contributed by atoms with Crippen molar-refractivity contribution in [3.63, 3.8) is 0 Å². The maximum Gasteiger partial charge on any atom is 0.170 e. The highest BCUT2D eigenvalue weighted by molar-refractivity contribution is 5.97. The van der Waals surface area contributed by atoms with Crippen LogP contribution in [0, 0.1) is 12.7 Å². The third-order valence-electron chi connectivity index (χ3n) is 2.44. The maximum absolute atomic E-state index is 13.8. The second-order valence-corrected chi connectivity index (χ2v) is 3.50. The third-order valence-corrected chi connectivity index (χ3v) is 2.44. The van der Waals surface area contributed by atoms with Gasteiger partial charge in [-0.3, -0.25) is 0 Å². The fourth-order valence-corrected chi connectivity index (χ4v) is 1.55. The highest BCUT2D eigenvalue weighted by Crippen LogP contribution is 2.16. The summed E-state index contributed by atoms with van der Waals surface area (Å²) in [5.41, 5.74) is 6.07. The first-order chi connectivity index (χ1) is 8.13. The second kappa shape index (κ2) is 4.25. The van der Waals surface area contributed by atoms with Crippen LogP contribution in [0.5, 0.6) is 0 Å². The Morgan fingerprint density at radius 2 is 2.29 bits per heavy atom. The number of nitrogens with two attached hydrogens (primary N) is 1. The number of halogens is 1. The number of nitrogens with zero attached hydrogens (tertiary/aromatic N) is 3. The van der Waals surface area contributed by atoms with Crippen molar-refractivity contribution in [3.8, 4) is 5.69 Å². The molecule has 0 aliphatic heterocycles. The normalized spacial score (nSPS) is 11.8. The monoisotopic (exact) mass is 234 g/mol. The quantitative estimate of drug-likeness (QED) is 0.357. The van der Waals surface area contributed by atoms with Gasteiger partial charge in [-0.05, 0) is 25.1 Å². The van der Waals surface area contributed by atoms with Gasteiger partial charge in [0.2, 0.25) is 0 Å². The summed E-state index contributed by atoms with van der Waals surface area (Å²) < 4.78 is 15.5. The molecule has 1 aromatic heterocycles. The molecule has 0 spiro atoms. The molecule has 0 amide bonds. The maximum atomic E-state index is 13.8. The largest absolute Gasteiger partial charge is 0.409 e. The van der Waals surface area contributed by atoms with Crippen molar-refractivity contribution in [2.24, 2.45) is 10.9 Å². The molecule has 0 unspecified atom stereocenters. The zero-order valence-corrected chi connectivity index (χ0v) is 9.13. The van der Waals surface area contributed by atoms with E-state index in [1.807, 2.05) is 0 Å². The van der Waals surface area contributed by atoms with E-state index in [-0.39, 0.29) is 5.84 Å². The van der Waals surface area contributed by atoms with Gasteiger partial charge in [-0.25, -0.2) is 9.37 Å². The Bertz CT molecular complexity index is 577. The van der Waals surface area contributed by atoms with Crippen LogP contribution in [0.3, 0.4) is 0 Å². The van der Waals surface area contributed by atoms with Crippen LogP contribution >= 0.6 is 0 Å². The molecular formula is C11H11FN4O. The Balaban J connectivity index is 2.50. The van der Waals surface area contributed by atoms with E-state index in [0.29, 0.717) is 17.1 Å². The zero-order chi connectivity index (χ0) is 12.4. The molecule has 0 bridgehead atoms. The molecule has 2 aromatic rings. The van der Waals surface area contributed by atoms with Crippen molar-refractivity contribution in [1.82, 2.24) is 9.55 Å². The van der Waals surface area contributed by atoms with Crippen molar-refractivity contribution in [3.05, 3.63) is 47.8 Å². The van der Waals surface area contributed by atoms with Gasteiger partial charge in [0, 0.05) is 18.0 Å². The molecule has 0 saturated heterocycles. The molecule has 17 heavy (non-hydrogen) atoms. The summed E-state index contributed by atoms with van der Waals surface area (Å²) in [4.78, 5) is 4.02. The van der Waals surface area contributed by atoms with Crippen LogP contribution in [0.1, 0.15) is 11.4 Å². The number of oxime groups is 1. The Labute approximate surface area is 97.0 Å². The van der Waals surface area contributed by atoms with Crippen molar-refractivity contribution >= 4 is 5.84 Å². The summed E-state index contributed by atoms with van der Waals surface area (Å²) in [7, 11) is 0. The molecule has 0 fully saturated rings. The average molecular weight is 234 g/mol. The number of hydrogen-bond acceptors (Lipinski definition) is 3. The summed E-state index contributed by atoms with van der Waals surface area (Å²) in [6.07, 6.45) is 3.25. The molecule has 1 aromatic carbocycles. The first-order valence-corrected chi connectivity index (χ1v) is 4.91. The van der Waals surface area contributed by atoms with Crippen LogP contribution < -0.4 is 5.73 Å². The van der Waals surface area contributed by atoms with Gasteiger partial charge in [0.15, 0.2) is 5.84 Å². The number of benzene rings is 1. The fraction of sp³-hybridized carbons (Fsp3) is 0.0909. The summed E-state index contributed by atoms with van der Waals surface area (Å²) in [5.74, 6) is 0.0912. The highest BCUT2D eigenvalue weighted by Gasteiger charge is 2.09. The standard InChI is InChI=1S/C11H11FN4O/c1-7-14-4-5-16(7)10-3-2-8(6-9(10)12)11(13)15-17/h2-6,17H,1H3,(H2,13,15). The molecule has 0 aliphatic rings. The van der Waals surface area contributed by atoms with E-state index in [9.17, 15) is 4.39 Å². The Hall–Kier alpha value is -2.37. The summed E-state index contributed by atoms with van der Waals surface area (Å²) in [6.45, 7) is 1.77. The Kier molecular flexibility index (Phi) is 2.78. The van der Waals surface area contributed by atoms with Gasteiger partial charge in [-0.15, -0.1) is 0 Å². The first kappa shape index (κ1) is 11.1. The van der Waals surface area contributed by atoms with Crippen molar-refractivity contribution in [2.45, 2.75) is 6.92 Å². The summed E-state index contributed by atoms with van der Waals surface area (Å²) >= 11 is 0. The van der Waals surface area contributed by atoms with Crippen LogP contribution in [0.15, 0.2) is 35.7 Å². The van der Waals surface area contributed by atoms with Crippen molar-refractivity contribution in [1.29, 1.82) is 0 Å². The molecule has 5 nitrogen and oxygen atoms in total. The molecular weight excluding hydrogens is 223 g/mol. The van der Waals surface area contributed by atoms with Gasteiger partial charge in [0.1, 0.15) is 11.6 Å². The minimum atomic E-state index is -0.463. The number of imidazole rings is 1. The van der Waals surface area contributed by atoms with Crippen LogP contribution in [-0.2, 0) is 0 Å². The van der Waals surface area contributed by atoms with E-state index in [0.717, 1.165) is 0 Å². The molecule has 0 radical (unpaired) electrons. The van der Waals surface area contributed by atoms with Crippen LogP contribution in [0.4, 0.5) is 4.39 Å². The molecule has 3 N–H and O–H groups in total. The SMILES string of the molecule is Cc1nccn1-c1ccc(/C(N)=N/O)cc1F. The molecule has 6 heteroatoms. The highest BCUT2D eigenvalue weighted by atomic mass is 19.1. The lowest BCUT2D eigenvalue weighted by Gasteiger charge is -2.07. The van der Waals surface area contributed by atoms with E-state index in [1.165, 1.54) is 6.07 Å². The zero-order valence-electron chi connectivity index (χ0n) is 9.13. The van der Waals surface area contributed by atoms with Gasteiger partial charge in [-0.2, -0.15) is 0 Å². The fourth-order valence-electron chi connectivity index (χ4n) is 1.55. The molecule has 0 atom stereocenters. The van der Waals surface area contributed by atoms with Crippen LogP contribution in [-0.4, -0.2) is 20.6 Å². The minimum absolute atomic E-state index is 0.127. The molecule has 0 saturated carbocycles. The average Bonchev–Trinajstić information content (AvgIpc) is 2.74. The van der Waals surface area contributed by atoms with Crippen LogP contribution in [0.25, 0.3) is 5.69 Å². The van der Waals surface area contributed by atoms with Gasteiger partial charge < -0.3 is 15.5 Å². The predicted octanol–water partition coefficient (Wildman–Crippen LogP) is 1.41. The third kappa shape index (κ3) is 1.96. The van der Waals surface area contributed by atoms with Gasteiger partial charge in [0.05, 0.1) is 5.69 Å². The molecule has 2 rings (SSSR count). The number of aromatic nitrogens is 2. The van der Waals surface area contributed by atoms with Crippen molar-refractivity contribution in [2.75, 3.05) is 0 Å². The van der Waals surface area contributed by atoms with Gasteiger partial charge in [0.25, 0.3) is 0 Å². The number of amidine groups is 1. The number of aryl methyl sites for hydroxylation is 1. The number of rotatable bonds is 2. The van der Waals surface area contributed by atoms with E-state index >= 15 is 0 Å². The van der Waals surface area contributed by atoms with Gasteiger partial charge in [-0.1, -0.05) is 5.16 Å². The first-order valence-electron chi connectivity index (χ1n) is 4.91. The lowest BCUT2D eigenvalue weighted by molar-refractivity contribution is 0.318. The molecule has 1 heterocycles. The lowest BCUT2D eigenvalue weighted by Crippen LogP contribution is -2.13. The Morgan fingerprint density at radius 3 is 2.82 bits per heavy atom. The van der Waals surface area contributed by atoms with E-state index in [1.54, 1.807) is 36.0 Å². The predicted molar refractivity (Wildman–Crippen MR) is 60.8 cm³/mol. The van der Waals surface area contributed by atoms with Gasteiger partial charge >= 0.3 is 0 Å². The van der Waals surface area contributed by atoms with E-state index < -0.39 is 5.82 Å².